The van der Waals surface area contributed by atoms with E-state index in [2.05, 4.69) is 0 Å². The summed E-state index contributed by atoms with van der Waals surface area (Å²) in [6, 6.07) is 9.52. The van der Waals surface area contributed by atoms with Crippen LogP contribution in [0.2, 0.25) is 0 Å². The molecule has 76 valence electrons. The van der Waals surface area contributed by atoms with Gasteiger partial charge in [-0.05, 0) is 18.9 Å². The molecule has 1 atom stereocenters. The first-order valence-electron chi connectivity index (χ1n) is 4.70. The van der Waals surface area contributed by atoms with E-state index < -0.39 is 5.60 Å². The smallest absolute Gasteiger partial charge is 0.0902 e. The second kappa shape index (κ2) is 4.94. The number of aliphatic hydroxyl groups is 2. The van der Waals surface area contributed by atoms with Gasteiger partial charge in [0.2, 0.25) is 0 Å². The Morgan fingerprint density at radius 2 is 1.86 bits per heavy atom. The summed E-state index contributed by atoms with van der Waals surface area (Å²) in [6.07, 6.45) is 3.93. The topological polar surface area (TPSA) is 40.5 Å². The third-order valence-corrected chi connectivity index (χ3v) is 2.18. The molecule has 2 nitrogen and oxygen atoms in total. The number of rotatable bonds is 4. The first-order valence-corrected chi connectivity index (χ1v) is 4.70. The van der Waals surface area contributed by atoms with E-state index in [9.17, 15) is 5.11 Å². The minimum atomic E-state index is -0.854. The molecule has 0 heterocycles. The lowest BCUT2D eigenvalue weighted by Gasteiger charge is -2.21. The SMILES string of the molecule is CC(O)(C/C=C\CO)c1ccccc1. The second-order valence-electron chi connectivity index (χ2n) is 3.50. The fraction of sp³-hybridized carbons (Fsp3) is 0.333. The molecule has 0 radical (unpaired) electrons. The van der Waals surface area contributed by atoms with Crippen molar-refractivity contribution in [2.75, 3.05) is 6.61 Å². The van der Waals surface area contributed by atoms with E-state index in [-0.39, 0.29) is 6.61 Å². The average molecular weight is 192 g/mol. The summed E-state index contributed by atoms with van der Waals surface area (Å²) in [6.45, 7) is 1.79. The monoisotopic (exact) mass is 192 g/mol. The quantitative estimate of drug-likeness (QED) is 0.714. The van der Waals surface area contributed by atoms with Crippen LogP contribution in [-0.2, 0) is 5.60 Å². The number of hydrogen-bond acceptors (Lipinski definition) is 2. The van der Waals surface area contributed by atoms with Crippen molar-refractivity contribution in [3.63, 3.8) is 0 Å². The Labute approximate surface area is 84.5 Å². The van der Waals surface area contributed by atoms with Gasteiger partial charge < -0.3 is 10.2 Å². The summed E-state index contributed by atoms with van der Waals surface area (Å²) in [5.74, 6) is 0. The van der Waals surface area contributed by atoms with Crippen molar-refractivity contribution in [3.05, 3.63) is 48.0 Å². The fourth-order valence-corrected chi connectivity index (χ4v) is 1.30. The van der Waals surface area contributed by atoms with Crippen molar-refractivity contribution in [2.24, 2.45) is 0 Å². The van der Waals surface area contributed by atoms with E-state index in [1.54, 1.807) is 19.1 Å². The van der Waals surface area contributed by atoms with Crippen molar-refractivity contribution >= 4 is 0 Å². The van der Waals surface area contributed by atoms with Gasteiger partial charge in [0.15, 0.2) is 0 Å². The van der Waals surface area contributed by atoms with Crippen LogP contribution in [0.5, 0.6) is 0 Å². The van der Waals surface area contributed by atoms with Crippen molar-refractivity contribution < 1.29 is 10.2 Å². The van der Waals surface area contributed by atoms with Crippen LogP contribution in [-0.4, -0.2) is 16.8 Å². The Bertz CT molecular complexity index is 288. The molecule has 0 aliphatic rings. The van der Waals surface area contributed by atoms with Gasteiger partial charge >= 0.3 is 0 Å². The number of benzene rings is 1. The van der Waals surface area contributed by atoms with Crippen molar-refractivity contribution in [3.8, 4) is 0 Å². The molecule has 1 aromatic rings. The van der Waals surface area contributed by atoms with Crippen LogP contribution in [0.1, 0.15) is 18.9 Å². The fourth-order valence-electron chi connectivity index (χ4n) is 1.30. The maximum Gasteiger partial charge on any atom is 0.0902 e. The van der Waals surface area contributed by atoms with Crippen LogP contribution in [0.25, 0.3) is 0 Å². The molecule has 0 aliphatic heterocycles. The molecule has 0 fully saturated rings. The molecule has 2 N–H and O–H groups in total. The molecule has 14 heavy (non-hydrogen) atoms. The summed E-state index contributed by atoms with van der Waals surface area (Å²) in [7, 11) is 0. The van der Waals surface area contributed by atoms with Gasteiger partial charge in [0.05, 0.1) is 12.2 Å². The van der Waals surface area contributed by atoms with Crippen LogP contribution in [0, 0.1) is 0 Å². The average Bonchev–Trinajstić information content (AvgIpc) is 2.19. The van der Waals surface area contributed by atoms with Crippen LogP contribution >= 0.6 is 0 Å². The summed E-state index contributed by atoms with van der Waals surface area (Å²) >= 11 is 0. The maximum atomic E-state index is 10.1. The summed E-state index contributed by atoms with van der Waals surface area (Å²) in [5, 5.41) is 18.6. The molecule has 0 saturated heterocycles. The molecule has 2 heteroatoms. The Balaban J connectivity index is 2.70. The minimum absolute atomic E-state index is 0.0187. The van der Waals surface area contributed by atoms with E-state index in [1.165, 1.54) is 0 Å². The predicted molar refractivity (Wildman–Crippen MR) is 56.9 cm³/mol. The highest BCUT2D eigenvalue weighted by Gasteiger charge is 2.20. The largest absolute Gasteiger partial charge is 0.392 e. The molecule has 0 bridgehead atoms. The van der Waals surface area contributed by atoms with Gasteiger partial charge in [-0.25, -0.2) is 0 Å². The van der Waals surface area contributed by atoms with Crippen molar-refractivity contribution in [1.29, 1.82) is 0 Å². The first-order chi connectivity index (χ1) is 6.67. The standard InChI is InChI=1S/C12H16O2/c1-12(14,9-5-6-10-13)11-7-3-2-4-8-11/h2-8,13-14H,9-10H2,1H3/b6-5-. The predicted octanol–water partition coefficient (Wildman–Crippen LogP) is 1.83. The molecular formula is C12H16O2. The van der Waals surface area contributed by atoms with Gasteiger partial charge in [-0.3, -0.25) is 0 Å². The first kappa shape index (κ1) is 11.0. The van der Waals surface area contributed by atoms with Crippen LogP contribution in [0.15, 0.2) is 42.5 Å². The zero-order chi connectivity index (χ0) is 10.4. The maximum absolute atomic E-state index is 10.1. The van der Waals surface area contributed by atoms with Gasteiger partial charge in [-0.1, -0.05) is 42.5 Å². The van der Waals surface area contributed by atoms with Gasteiger partial charge in [-0.2, -0.15) is 0 Å². The lowest BCUT2D eigenvalue weighted by Crippen LogP contribution is -2.19. The zero-order valence-electron chi connectivity index (χ0n) is 8.35. The van der Waals surface area contributed by atoms with Crippen LogP contribution in [0.3, 0.4) is 0 Å². The zero-order valence-corrected chi connectivity index (χ0v) is 8.35. The van der Waals surface area contributed by atoms with Crippen molar-refractivity contribution in [1.82, 2.24) is 0 Å². The van der Waals surface area contributed by atoms with Gasteiger partial charge in [-0.15, -0.1) is 0 Å². The van der Waals surface area contributed by atoms with Crippen LogP contribution < -0.4 is 0 Å². The number of aliphatic hydroxyl groups excluding tert-OH is 1. The van der Waals surface area contributed by atoms with E-state index >= 15 is 0 Å². The molecule has 0 spiro atoms. The summed E-state index contributed by atoms with van der Waals surface area (Å²) in [5.41, 5.74) is 0.0371. The molecule has 0 saturated carbocycles. The minimum Gasteiger partial charge on any atom is -0.392 e. The molecular weight excluding hydrogens is 176 g/mol. The molecule has 1 unspecified atom stereocenters. The molecule has 1 aromatic carbocycles. The Kier molecular flexibility index (Phi) is 3.86. The normalized spacial score (nSPS) is 15.6. The van der Waals surface area contributed by atoms with E-state index in [4.69, 9.17) is 5.11 Å². The van der Waals surface area contributed by atoms with E-state index in [0.29, 0.717) is 6.42 Å². The lowest BCUT2D eigenvalue weighted by atomic mass is 9.92. The van der Waals surface area contributed by atoms with Gasteiger partial charge in [0.25, 0.3) is 0 Å². The van der Waals surface area contributed by atoms with Crippen molar-refractivity contribution in [2.45, 2.75) is 18.9 Å². The van der Waals surface area contributed by atoms with Crippen LogP contribution in [0.4, 0.5) is 0 Å². The molecule has 0 aliphatic carbocycles. The van der Waals surface area contributed by atoms with E-state index in [1.807, 2.05) is 30.3 Å². The molecule has 1 rings (SSSR count). The Morgan fingerprint density at radius 1 is 1.21 bits per heavy atom. The molecule has 0 amide bonds. The lowest BCUT2D eigenvalue weighted by molar-refractivity contribution is 0.0604. The highest BCUT2D eigenvalue weighted by molar-refractivity contribution is 5.22. The van der Waals surface area contributed by atoms with Gasteiger partial charge in [0.1, 0.15) is 0 Å². The summed E-state index contributed by atoms with van der Waals surface area (Å²) < 4.78 is 0. The third kappa shape index (κ3) is 2.98. The highest BCUT2D eigenvalue weighted by Crippen LogP contribution is 2.24. The number of hydrogen-bond donors (Lipinski definition) is 2. The highest BCUT2D eigenvalue weighted by atomic mass is 16.3. The third-order valence-electron chi connectivity index (χ3n) is 2.18. The molecule has 0 aromatic heterocycles. The Hall–Kier alpha value is -1.12. The Morgan fingerprint density at radius 3 is 2.43 bits per heavy atom. The second-order valence-corrected chi connectivity index (χ2v) is 3.50. The van der Waals surface area contributed by atoms with Gasteiger partial charge in [0, 0.05) is 0 Å². The summed E-state index contributed by atoms with van der Waals surface area (Å²) in [4.78, 5) is 0. The van der Waals surface area contributed by atoms with E-state index in [0.717, 1.165) is 5.56 Å².